The largest absolute Gasteiger partial charge is 0.390 e. The van der Waals surface area contributed by atoms with E-state index in [-0.39, 0.29) is 0 Å². The Kier molecular flexibility index (Phi) is 5.74. The second-order valence-electron chi connectivity index (χ2n) is 6.05. The van der Waals surface area contributed by atoms with E-state index in [1.165, 1.54) is 19.3 Å². The van der Waals surface area contributed by atoms with Gasteiger partial charge in [0.2, 0.25) is 0 Å². The number of nitrogens with one attached hydrogen (secondary N) is 1. The highest BCUT2D eigenvalue weighted by atomic mass is 16.3. The molecule has 0 aromatic carbocycles. The van der Waals surface area contributed by atoms with Crippen LogP contribution in [0.25, 0.3) is 0 Å². The molecule has 1 amide bonds. The SMILES string of the molecule is Cc1cc(C(N)=O)c(NCC(O)CN2CCCCC2)nc1C. The lowest BCUT2D eigenvalue weighted by molar-refractivity contribution is 0.0999. The number of amides is 1. The molecule has 4 N–H and O–H groups in total. The molecule has 1 atom stereocenters. The lowest BCUT2D eigenvalue weighted by Gasteiger charge is -2.28. The van der Waals surface area contributed by atoms with Crippen molar-refractivity contribution in [3.63, 3.8) is 0 Å². The van der Waals surface area contributed by atoms with E-state index in [0.29, 0.717) is 24.5 Å². The number of rotatable bonds is 6. The third kappa shape index (κ3) is 4.42. The zero-order chi connectivity index (χ0) is 16.1. The fraction of sp³-hybridized carbons (Fsp3) is 0.625. The number of anilines is 1. The summed E-state index contributed by atoms with van der Waals surface area (Å²) >= 11 is 0. The van der Waals surface area contributed by atoms with Crippen LogP contribution in [-0.2, 0) is 0 Å². The van der Waals surface area contributed by atoms with Gasteiger partial charge < -0.3 is 21.1 Å². The Hall–Kier alpha value is -1.66. The van der Waals surface area contributed by atoms with Gasteiger partial charge in [-0.2, -0.15) is 0 Å². The molecular formula is C16H26N4O2. The van der Waals surface area contributed by atoms with Crippen LogP contribution < -0.4 is 11.1 Å². The van der Waals surface area contributed by atoms with Crippen molar-refractivity contribution in [1.29, 1.82) is 0 Å². The van der Waals surface area contributed by atoms with Gasteiger partial charge in [0.05, 0.1) is 11.7 Å². The molecule has 0 aliphatic carbocycles. The molecule has 6 nitrogen and oxygen atoms in total. The Morgan fingerprint density at radius 1 is 1.41 bits per heavy atom. The van der Waals surface area contributed by atoms with Crippen molar-refractivity contribution >= 4 is 11.7 Å². The number of hydrogen-bond acceptors (Lipinski definition) is 5. The molecule has 0 radical (unpaired) electrons. The number of pyridine rings is 1. The van der Waals surface area contributed by atoms with Crippen LogP contribution in [0.5, 0.6) is 0 Å². The van der Waals surface area contributed by atoms with E-state index < -0.39 is 12.0 Å². The van der Waals surface area contributed by atoms with Gasteiger partial charge in [-0.25, -0.2) is 4.98 Å². The Balaban J connectivity index is 1.95. The van der Waals surface area contributed by atoms with Crippen molar-refractivity contribution in [2.24, 2.45) is 5.73 Å². The standard InChI is InChI=1S/C16H26N4O2/c1-11-8-14(15(17)22)16(19-12(11)2)18-9-13(21)10-20-6-4-3-5-7-20/h8,13,21H,3-7,9-10H2,1-2H3,(H2,17,22)(H,18,19). The van der Waals surface area contributed by atoms with Crippen LogP contribution in [0, 0.1) is 13.8 Å². The summed E-state index contributed by atoms with van der Waals surface area (Å²) in [4.78, 5) is 18.2. The first kappa shape index (κ1) is 16.7. The number of carbonyl (C=O) groups excluding carboxylic acids is 1. The van der Waals surface area contributed by atoms with Crippen molar-refractivity contribution < 1.29 is 9.90 Å². The lowest BCUT2D eigenvalue weighted by atomic mass is 10.1. The van der Waals surface area contributed by atoms with Gasteiger partial charge in [0, 0.05) is 18.8 Å². The lowest BCUT2D eigenvalue weighted by Crippen LogP contribution is -2.39. The van der Waals surface area contributed by atoms with Crippen molar-refractivity contribution in [2.45, 2.75) is 39.2 Å². The van der Waals surface area contributed by atoms with E-state index in [4.69, 9.17) is 5.73 Å². The number of piperidine rings is 1. The van der Waals surface area contributed by atoms with Crippen molar-refractivity contribution in [2.75, 3.05) is 31.5 Å². The minimum absolute atomic E-state index is 0.353. The van der Waals surface area contributed by atoms with Crippen molar-refractivity contribution in [3.8, 4) is 0 Å². The van der Waals surface area contributed by atoms with Gasteiger partial charge in [-0.1, -0.05) is 6.42 Å². The molecule has 1 saturated heterocycles. The number of primary amides is 1. The average molecular weight is 306 g/mol. The second kappa shape index (κ2) is 7.56. The summed E-state index contributed by atoms with van der Waals surface area (Å²) in [5, 5.41) is 13.2. The summed E-state index contributed by atoms with van der Waals surface area (Å²) in [6.07, 6.45) is 3.18. The number of nitrogens with two attached hydrogens (primary N) is 1. The van der Waals surface area contributed by atoms with Crippen LogP contribution in [0.4, 0.5) is 5.82 Å². The number of aliphatic hydroxyl groups is 1. The number of nitrogens with zero attached hydrogens (tertiary/aromatic N) is 2. The number of aliphatic hydroxyl groups excluding tert-OH is 1. The molecule has 1 aromatic rings. The molecule has 0 spiro atoms. The maximum Gasteiger partial charge on any atom is 0.252 e. The zero-order valence-electron chi connectivity index (χ0n) is 13.4. The molecule has 0 saturated carbocycles. The first-order valence-electron chi connectivity index (χ1n) is 7.89. The fourth-order valence-electron chi connectivity index (χ4n) is 2.75. The first-order chi connectivity index (χ1) is 10.5. The smallest absolute Gasteiger partial charge is 0.252 e. The van der Waals surface area contributed by atoms with Crippen LogP contribution >= 0.6 is 0 Å². The molecule has 122 valence electrons. The van der Waals surface area contributed by atoms with E-state index in [0.717, 1.165) is 24.3 Å². The molecule has 1 aromatic heterocycles. The van der Waals surface area contributed by atoms with Gasteiger partial charge in [0.1, 0.15) is 5.82 Å². The summed E-state index contributed by atoms with van der Waals surface area (Å²) < 4.78 is 0. The average Bonchev–Trinajstić information content (AvgIpc) is 2.49. The maximum atomic E-state index is 11.5. The monoisotopic (exact) mass is 306 g/mol. The van der Waals surface area contributed by atoms with Gasteiger partial charge in [-0.15, -0.1) is 0 Å². The minimum atomic E-state index is -0.511. The van der Waals surface area contributed by atoms with Crippen LogP contribution in [-0.4, -0.2) is 53.2 Å². The predicted octanol–water partition coefficient (Wildman–Crippen LogP) is 1.06. The van der Waals surface area contributed by atoms with Crippen molar-refractivity contribution in [1.82, 2.24) is 9.88 Å². The van der Waals surface area contributed by atoms with Crippen molar-refractivity contribution in [3.05, 3.63) is 22.9 Å². The van der Waals surface area contributed by atoms with Gasteiger partial charge in [-0.05, 0) is 51.4 Å². The third-order valence-electron chi connectivity index (χ3n) is 4.15. The second-order valence-corrected chi connectivity index (χ2v) is 6.05. The molecule has 6 heteroatoms. The summed E-state index contributed by atoms with van der Waals surface area (Å²) in [5.74, 6) is -0.0584. The Bertz CT molecular complexity index is 527. The highest BCUT2D eigenvalue weighted by Crippen LogP contribution is 2.17. The van der Waals surface area contributed by atoms with E-state index in [9.17, 15) is 9.90 Å². The number of carbonyl (C=O) groups is 1. The number of β-amino-alcohol motifs (C(OH)–C–C–N with tert-alkyl or cyclic N) is 1. The van der Waals surface area contributed by atoms with E-state index in [1.54, 1.807) is 6.07 Å². The summed E-state index contributed by atoms with van der Waals surface area (Å²) in [7, 11) is 0. The Morgan fingerprint density at radius 2 is 2.09 bits per heavy atom. The normalized spacial score (nSPS) is 17.2. The molecular weight excluding hydrogens is 280 g/mol. The van der Waals surface area contributed by atoms with Crippen LogP contribution in [0.3, 0.4) is 0 Å². The highest BCUT2D eigenvalue weighted by Gasteiger charge is 2.16. The topological polar surface area (TPSA) is 91.5 Å². The van der Waals surface area contributed by atoms with Crippen LogP contribution in [0.1, 0.15) is 40.9 Å². The van der Waals surface area contributed by atoms with E-state index in [1.807, 2.05) is 13.8 Å². The zero-order valence-corrected chi connectivity index (χ0v) is 13.4. The molecule has 1 unspecified atom stereocenters. The van der Waals surface area contributed by atoms with E-state index in [2.05, 4.69) is 15.2 Å². The molecule has 2 rings (SSSR count). The maximum absolute atomic E-state index is 11.5. The molecule has 22 heavy (non-hydrogen) atoms. The molecule has 1 fully saturated rings. The van der Waals surface area contributed by atoms with Crippen LogP contribution in [0.15, 0.2) is 6.07 Å². The number of aromatic nitrogens is 1. The quantitative estimate of drug-likeness (QED) is 0.731. The highest BCUT2D eigenvalue weighted by molar-refractivity contribution is 5.97. The number of likely N-dealkylation sites (tertiary alicyclic amines) is 1. The molecule has 0 bridgehead atoms. The number of aryl methyl sites for hydroxylation is 2. The van der Waals surface area contributed by atoms with Gasteiger partial charge in [0.15, 0.2) is 0 Å². The number of hydrogen-bond donors (Lipinski definition) is 3. The molecule has 2 heterocycles. The van der Waals surface area contributed by atoms with Gasteiger partial charge >= 0.3 is 0 Å². The fourth-order valence-corrected chi connectivity index (χ4v) is 2.75. The molecule has 1 aliphatic heterocycles. The summed E-state index contributed by atoms with van der Waals surface area (Å²) in [5.41, 5.74) is 7.54. The van der Waals surface area contributed by atoms with Crippen LogP contribution in [0.2, 0.25) is 0 Å². The summed E-state index contributed by atoms with van der Waals surface area (Å²) in [6.45, 7) is 6.87. The Morgan fingerprint density at radius 3 is 2.73 bits per heavy atom. The minimum Gasteiger partial charge on any atom is -0.390 e. The Labute approximate surface area is 131 Å². The first-order valence-corrected chi connectivity index (χ1v) is 7.89. The van der Waals surface area contributed by atoms with E-state index >= 15 is 0 Å². The third-order valence-corrected chi connectivity index (χ3v) is 4.15. The predicted molar refractivity (Wildman–Crippen MR) is 87.0 cm³/mol. The van der Waals surface area contributed by atoms with Gasteiger partial charge in [0.25, 0.3) is 5.91 Å². The van der Waals surface area contributed by atoms with Gasteiger partial charge in [-0.3, -0.25) is 4.79 Å². The molecule has 1 aliphatic rings. The summed E-state index contributed by atoms with van der Waals surface area (Å²) in [6, 6.07) is 1.74.